The van der Waals surface area contributed by atoms with Crippen LogP contribution in [0.5, 0.6) is 5.75 Å². The van der Waals surface area contributed by atoms with Crippen LogP contribution in [0.4, 0.5) is 0 Å². The van der Waals surface area contributed by atoms with Crippen LogP contribution in [-0.4, -0.2) is 36.8 Å². The van der Waals surface area contributed by atoms with Crippen LogP contribution in [0.15, 0.2) is 60.7 Å². The molecule has 0 fully saturated rings. The second-order valence-electron chi connectivity index (χ2n) is 8.25. The molecule has 3 aromatic rings. The SMILES string of the molecule is CCN(CCC(C)C)C(=O)Cc1cc(C(=O)c2ccccc2)cc2ccc(OC)cc12. The first-order valence-electron chi connectivity index (χ1n) is 10.9. The molecule has 0 unspecified atom stereocenters. The zero-order valence-electron chi connectivity index (χ0n) is 18.9. The first kappa shape index (κ1) is 22.5. The molecule has 3 rings (SSSR count). The van der Waals surface area contributed by atoms with Crippen molar-refractivity contribution in [3.05, 3.63) is 77.4 Å². The highest BCUT2D eigenvalue weighted by atomic mass is 16.5. The minimum absolute atomic E-state index is 0.0424. The molecular weight excluding hydrogens is 386 g/mol. The number of hydrogen-bond acceptors (Lipinski definition) is 3. The zero-order valence-corrected chi connectivity index (χ0v) is 18.9. The fourth-order valence-electron chi connectivity index (χ4n) is 3.72. The molecule has 0 saturated carbocycles. The standard InChI is InChI=1S/C27H31NO3/c1-5-28(14-13-19(2)3)26(29)17-22-16-23(27(30)20-9-7-6-8-10-20)15-21-11-12-24(31-4)18-25(21)22/h6-12,15-16,18-19H,5,13-14,17H2,1-4H3. The van der Waals surface area contributed by atoms with Crippen LogP contribution in [0.2, 0.25) is 0 Å². The third-order valence-corrected chi connectivity index (χ3v) is 5.60. The second kappa shape index (κ2) is 10.3. The van der Waals surface area contributed by atoms with Crippen LogP contribution in [0.1, 0.15) is 48.7 Å². The highest BCUT2D eigenvalue weighted by Gasteiger charge is 2.18. The second-order valence-corrected chi connectivity index (χ2v) is 8.25. The lowest BCUT2D eigenvalue weighted by molar-refractivity contribution is -0.130. The van der Waals surface area contributed by atoms with Gasteiger partial charge in [-0.25, -0.2) is 0 Å². The number of benzene rings is 3. The fourth-order valence-corrected chi connectivity index (χ4v) is 3.72. The van der Waals surface area contributed by atoms with E-state index in [2.05, 4.69) is 13.8 Å². The summed E-state index contributed by atoms with van der Waals surface area (Å²) in [7, 11) is 1.63. The van der Waals surface area contributed by atoms with E-state index in [0.29, 0.717) is 23.6 Å². The van der Waals surface area contributed by atoms with E-state index in [4.69, 9.17) is 4.74 Å². The molecule has 4 heteroatoms. The molecule has 0 aromatic heterocycles. The van der Waals surface area contributed by atoms with Gasteiger partial charge < -0.3 is 9.64 Å². The largest absolute Gasteiger partial charge is 0.497 e. The maximum atomic E-state index is 13.1. The molecule has 0 bridgehead atoms. The molecule has 0 spiro atoms. The smallest absolute Gasteiger partial charge is 0.227 e. The van der Waals surface area contributed by atoms with Crippen molar-refractivity contribution in [2.75, 3.05) is 20.2 Å². The molecule has 0 aliphatic heterocycles. The quantitative estimate of drug-likeness (QED) is 0.431. The molecule has 162 valence electrons. The lowest BCUT2D eigenvalue weighted by Crippen LogP contribution is -2.33. The Morgan fingerprint density at radius 3 is 2.35 bits per heavy atom. The predicted molar refractivity (Wildman–Crippen MR) is 126 cm³/mol. The van der Waals surface area contributed by atoms with Crippen molar-refractivity contribution >= 4 is 22.5 Å². The summed E-state index contributed by atoms with van der Waals surface area (Å²) in [6.07, 6.45) is 1.23. The van der Waals surface area contributed by atoms with Gasteiger partial charge in [-0.1, -0.05) is 50.2 Å². The maximum Gasteiger partial charge on any atom is 0.227 e. The van der Waals surface area contributed by atoms with Crippen molar-refractivity contribution in [2.45, 2.75) is 33.6 Å². The van der Waals surface area contributed by atoms with Gasteiger partial charge >= 0.3 is 0 Å². The number of fused-ring (bicyclic) bond motifs is 1. The van der Waals surface area contributed by atoms with Crippen molar-refractivity contribution in [3.8, 4) is 5.75 Å². The van der Waals surface area contributed by atoms with Gasteiger partial charge in [0, 0.05) is 24.2 Å². The van der Waals surface area contributed by atoms with E-state index >= 15 is 0 Å². The first-order chi connectivity index (χ1) is 14.9. The zero-order chi connectivity index (χ0) is 22.4. The van der Waals surface area contributed by atoms with Gasteiger partial charge in [-0.2, -0.15) is 0 Å². The van der Waals surface area contributed by atoms with Crippen LogP contribution >= 0.6 is 0 Å². The minimum atomic E-state index is -0.0424. The van der Waals surface area contributed by atoms with E-state index in [-0.39, 0.29) is 18.1 Å². The Hall–Kier alpha value is -3.14. The van der Waals surface area contributed by atoms with Gasteiger partial charge in [0.05, 0.1) is 13.5 Å². The van der Waals surface area contributed by atoms with E-state index in [0.717, 1.165) is 35.1 Å². The topological polar surface area (TPSA) is 46.6 Å². The molecule has 1 amide bonds. The number of likely N-dealkylation sites (N-methyl/N-ethyl adjacent to an activating group) is 1. The molecule has 31 heavy (non-hydrogen) atoms. The summed E-state index contributed by atoms with van der Waals surface area (Å²) >= 11 is 0. The summed E-state index contributed by atoms with van der Waals surface area (Å²) in [5.74, 6) is 1.31. The normalized spacial score (nSPS) is 11.0. The average molecular weight is 418 g/mol. The number of carbonyl (C=O) groups excluding carboxylic acids is 2. The van der Waals surface area contributed by atoms with Crippen LogP contribution in [-0.2, 0) is 11.2 Å². The number of methoxy groups -OCH3 is 1. The van der Waals surface area contributed by atoms with Crippen molar-refractivity contribution in [1.29, 1.82) is 0 Å². The Labute approximate surface area is 184 Å². The molecular formula is C27H31NO3. The molecule has 0 aliphatic rings. The summed E-state index contributed by atoms with van der Waals surface area (Å²) in [6.45, 7) is 7.76. The predicted octanol–water partition coefficient (Wildman–Crippen LogP) is 5.52. The van der Waals surface area contributed by atoms with Gasteiger partial charge in [0.15, 0.2) is 5.78 Å². The van der Waals surface area contributed by atoms with E-state index in [1.165, 1.54) is 0 Å². The number of ketones is 1. The van der Waals surface area contributed by atoms with Gasteiger partial charge in [-0.15, -0.1) is 0 Å². The summed E-state index contributed by atoms with van der Waals surface area (Å²) in [5.41, 5.74) is 2.08. The number of ether oxygens (including phenoxy) is 1. The molecule has 0 radical (unpaired) electrons. The van der Waals surface area contributed by atoms with Crippen molar-refractivity contribution in [2.24, 2.45) is 5.92 Å². The first-order valence-corrected chi connectivity index (χ1v) is 10.9. The molecule has 4 nitrogen and oxygen atoms in total. The highest BCUT2D eigenvalue weighted by Crippen LogP contribution is 2.28. The summed E-state index contributed by atoms with van der Waals surface area (Å²) in [4.78, 5) is 28.1. The van der Waals surface area contributed by atoms with E-state index in [1.807, 2.05) is 72.5 Å². The van der Waals surface area contributed by atoms with E-state index in [1.54, 1.807) is 7.11 Å². The Bertz CT molecular complexity index is 1060. The lowest BCUT2D eigenvalue weighted by atomic mass is 9.94. The molecule has 0 aliphatic carbocycles. The third-order valence-electron chi connectivity index (χ3n) is 5.60. The number of rotatable bonds is 9. The van der Waals surface area contributed by atoms with Crippen LogP contribution < -0.4 is 4.74 Å². The van der Waals surface area contributed by atoms with Gasteiger partial charge in [-0.3, -0.25) is 9.59 Å². The summed E-state index contributed by atoms with van der Waals surface area (Å²) < 4.78 is 5.40. The summed E-state index contributed by atoms with van der Waals surface area (Å²) in [5, 5.41) is 1.87. The highest BCUT2D eigenvalue weighted by molar-refractivity contribution is 6.11. The maximum absolute atomic E-state index is 13.1. The Morgan fingerprint density at radius 1 is 0.968 bits per heavy atom. The Morgan fingerprint density at radius 2 is 1.71 bits per heavy atom. The molecule has 0 heterocycles. The van der Waals surface area contributed by atoms with Gasteiger partial charge in [0.2, 0.25) is 5.91 Å². The molecule has 3 aromatic carbocycles. The van der Waals surface area contributed by atoms with Gasteiger partial charge in [0.25, 0.3) is 0 Å². The average Bonchev–Trinajstić information content (AvgIpc) is 2.79. The van der Waals surface area contributed by atoms with Crippen molar-refractivity contribution in [1.82, 2.24) is 4.90 Å². The third kappa shape index (κ3) is 5.52. The van der Waals surface area contributed by atoms with Gasteiger partial charge in [0.1, 0.15) is 5.75 Å². The Balaban J connectivity index is 2.00. The van der Waals surface area contributed by atoms with E-state index in [9.17, 15) is 9.59 Å². The number of hydrogen-bond donors (Lipinski definition) is 0. The van der Waals surface area contributed by atoms with Gasteiger partial charge in [-0.05, 0) is 59.9 Å². The fraction of sp³-hybridized carbons (Fsp3) is 0.333. The van der Waals surface area contributed by atoms with Crippen LogP contribution in [0, 0.1) is 5.92 Å². The van der Waals surface area contributed by atoms with Crippen LogP contribution in [0.3, 0.4) is 0 Å². The van der Waals surface area contributed by atoms with Crippen molar-refractivity contribution < 1.29 is 14.3 Å². The number of amides is 1. The van der Waals surface area contributed by atoms with Crippen molar-refractivity contribution in [3.63, 3.8) is 0 Å². The Kier molecular flexibility index (Phi) is 7.45. The summed E-state index contributed by atoms with van der Waals surface area (Å²) in [6, 6.07) is 18.8. The number of carbonyl (C=O) groups is 2. The molecule has 0 saturated heterocycles. The molecule has 0 atom stereocenters. The van der Waals surface area contributed by atoms with Crippen LogP contribution in [0.25, 0.3) is 10.8 Å². The van der Waals surface area contributed by atoms with E-state index < -0.39 is 0 Å². The number of nitrogens with zero attached hydrogens (tertiary/aromatic N) is 1. The molecule has 0 N–H and O–H groups in total. The minimum Gasteiger partial charge on any atom is -0.497 e. The lowest BCUT2D eigenvalue weighted by Gasteiger charge is -2.22. The monoisotopic (exact) mass is 417 g/mol.